The maximum Gasteiger partial charge on any atom is 0.490 e. The maximum atomic E-state index is 10.6. The Kier molecular flexibility index (Phi) is 9.26. The minimum absolute atomic E-state index is 0.0789. The van der Waals surface area contributed by atoms with Gasteiger partial charge in [0, 0.05) is 17.5 Å². The molecule has 3 N–H and O–H groups in total. The topological polar surface area (TPSA) is 138 Å². The van der Waals surface area contributed by atoms with Gasteiger partial charge < -0.3 is 15.6 Å². The third kappa shape index (κ3) is 12.1. The highest BCUT2D eigenvalue weighted by molar-refractivity contribution is 5.73. The monoisotopic (exact) mass is 272 g/mol. The molecule has 0 aliphatic carbocycles. The zero-order valence-electron chi connectivity index (χ0n) is 9.22. The predicted octanol–water partition coefficient (Wildman–Crippen LogP) is 0.820. The summed E-state index contributed by atoms with van der Waals surface area (Å²) in [6, 6.07) is -0.446. The number of ether oxygens (including phenoxy) is 1. The maximum absolute atomic E-state index is 10.6. The number of aliphatic carboxylic acids is 1. The number of carboxylic acids is 1. The van der Waals surface area contributed by atoms with Crippen molar-refractivity contribution in [3.8, 4) is 0 Å². The van der Waals surface area contributed by atoms with Gasteiger partial charge in [0.05, 0.1) is 13.5 Å². The van der Waals surface area contributed by atoms with Crippen molar-refractivity contribution in [2.45, 2.75) is 18.6 Å². The van der Waals surface area contributed by atoms with Gasteiger partial charge in [-0.2, -0.15) is 13.2 Å². The highest BCUT2D eigenvalue weighted by Crippen LogP contribution is 2.13. The lowest BCUT2D eigenvalue weighted by Crippen LogP contribution is -2.27. The number of carbonyl (C=O) groups excluding carboxylic acids is 1. The Labute approximate surface area is 99.1 Å². The van der Waals surface area contributed by atoms with E-state index in [4.69, 9.17) is 21.2 Å². The molecule has 11 heteroatoms. The standard InChI is InChI=1S/C5H10N4O2.C2HF3O2/c1-11-5(10)2-4(6)3-8-9-7;3-2(4,5)1(6)7/h4H,2-3,6H2,1H3;(H,6,7)/t4-;/m0./s1. The van der Waals surface area contributed by atoms with Crippen LogP contribution in [0.5, 0.6) is 0 Å². The lowest BCUT2D eigenvalue weighted by Gasteiger charge is -2.04. The minimum Gasteiger partial charge on any atom is -0.475 e. The summed E-state index contributed by atoms with van der Waals surface area (Å²) in [6.45, 7) is 0.117. The molecule has 0 heterocycles. The number of methoxy groups -OCH3 is 1. The number of nitrogens with zero attached hydrogens (tertiary/aromatic N) is 3. The van der Waals surface area contributed by atoms with Crippen molar-refractivity contribution in [3.63, 3.8) is 0 Å². The highest BCUT2D eigenvalue weighted by atomic mass is 19.4. The first-order chi connectivity index (χ1) is 8.15. The van der Waals surface area contributed by atoms with E-state index in [-0.39, 0.29) is 13.0 Å². The second-order valence-electron chi connectivity index (χ2n) is 2.76. The molecule has 0 aromatic carbocycles. The summed E-state index contributed by atoms with van der Waals surface area (Å²) < 4.78 is 36.1. The Morgan fingerprint density at radius 3 is 2.28 bits per heavy atom. The Morgan fingerprint density at radius 1 is 1.56 bits per heavy atom. The van der Waals surface area contributed by atoms with Crippen LogP contribution in [-0.4, -0.2) is 42.9 Å². The van der Waals surface area contributed by atoms with Crippen LogP contribution in [0.3, 0.4) is 0 Å². The zero-order valence-corrected chi connectivity index (χ0v) is 9.22. The molecule has 1 atom stereocenters. The van der Waals surface area contributed by atoms with Crippen molar-refractivity contribution in [3.05, 3.63) is 10.4 Å². The summed E-state index contributed by atoms with van der Waals surface area (Å²) in [5.74, 6) is -3.15. The molecule has 0 unspecified atom stereocenters. The van der Waals surface area contributed by atoms with Gasteiger partial charge in [0.2, 0.25) is 0 Å². The van der Waals surface area contributed by atoms with Crippen molar-refractivity contribution in [2.75, 3.05) is 13.7 Å². The molecule has 0 saturated carbocycles. The molecule has 0 rings (SSSR count). The number of alkyl halides is 3. The van der Waals surface area contributed by atoms with Crippen LogP contribution < -0.4 is 5.73 Å². The molecule has 8 nitrogen and oxygen atoms in total. The van der Waals surface area contributed by atoms with Gasteiger partial charge in [0.15, 0.2) is 0 Å². The molecule has 0 aromatic rings. The van der Waals surface area contributed by atoms with E-state index in [1.165, 1.54) is 7.11 Å². The van der Waals surface area contributed by atoms with E-state index >= 15 is 0 Å². The molecular formula is C7H11F3N4O4. The summed E-state index contributed by atoms with van der Waals surface area (Å²) in [7, 11) is 1.28. The fourth-order valence-electron chi connectivity index (χ4n) is 0.503. The number of halogens is 3. The van der Waals surface area contributed by atoms with E-state index in [0.29, 0.717) is 0 Å². The molecule has 0 saturated heterocycles. The van der Waals surface area contributed by atoms with Crippen molar-refractivity contribution < 1.29 is 32.6 Å². The van der Waals surface area contributed by atoms with E-state index in [2.05, 4.69) is 14.8 Å². The number of hydrogen-bond donors (Lipinski definition) is 2. The zero-order chi connectivity index (χ0) is 14.8. The SMILES string of the molecule is COC(=O)C[C@H](N)CN=[N+]=[N-].O=C(O)C(F)(F)F. The number of carbonyl (C=O) groups is 2. The molecule has 0 aliphatic rings. The van der Waals surface area contributed by atoms with Crippen LogP contribution in [0.2, 0.25) is 0 Å². The van der Waals surface area contributed by atoms with Crippen molar-refractivity contribution >= 4 is 11.9 Å². The fourth-order valence-corrected chi connectivity index (χ4v) is 0.503. The molecule has 0 fully saturated rings. The quantitative estimate of drug-likeness (QED) is 0.337. The Morgan fingerprint density at radius 2 is 2.00 bits per heavy atom. The van der Waals surface area contributed by atoms with E-state index < -0.39 is 24.2 Å². The van der Waals surface area contributed by atoms with Crippen LogP contribution in [0.1, 0.15) is 6.42 Å². The number of rotatable bonds is 4. The molecule has 0 spiro atoms. The van der Waals surface area contributed by atoms with Gasteiger partial charge in [0.25, 0.3) is 0 Å². The van der Waals surface area contributed by atoms with Crippen LogP contribution in [0, 0.1) is 0 Å². The van der Waals surface area contributed by atoms with E-state index in [0.717, 1.165) is 0 Å². The summed E-state index contributed by atoms with van der Waals surface area (Å²) >= 11 is 0. The molecule has 0 aromatic heterocycles. The summed E-state index contributed by atoms with van der Waals surface area (Å²) in [4.78, 5) is 21.9. The first kappa shape index (κ1) is 18.4. The smallest absolute Gasteiger partial charge is 0.475 e. The van der Waals surface area contributed by atoms with Crippen LogP contribution in [0.4, 0.5) is 13.2 Å². The minimum atomic E-state index is -5.08. The van der Waals surface area contributed by atoms with Gasteiger partial charge in [-0.05, 0) is 5.53 Å². The van der Waals surface area contributed by atoms with Crippen molar-refractivity contribution in [1.82, 2.24) is 0 Å². The van der Waals surface area contributed by atoms with E-state index in [9.17, 15) is 18.0 Å². The number of hydrogen-bond acceptors (Lipinski definition) is 5. The van der Waals surface area contributed by atoms with Gasteiger partial charge in [-0.1, -0.05) is 5.11 Å². The molecule has 0 radical (unpaired) electrons. The third-order valence-electron chi connectivity index (χ3n) is 1.28. The summed E-state index contributed by atoms with van der Waals surface area (Å²) in [5.41, 5.74) is 13.3. The summed E-state index contributed by atoms with van der Waals surface area (Å²) in [5, 5.41) is 10.3. The van der Waals surface area contributed by atoms with Gasteiger partial charge >= 0.3 is 18.1 Å². The van der Waals surface area contributed by atoms with Crippen molar-refractivity contribution in [2.24, 2.45) is 10.8 Å². The number of carboxylic acid groups (broad SMARTS) is 1. The van der Waals surface area contributed by atoms with Gasteiger partial charge in [-0.3, -0.25) is 4.79 Å². The Balaban J connectivity index is 0. The molecular weight excluding hydrogens is 261 g/mol. The lowest BCUT2D eigenvalue weighted by atomic mass is 10.2. The normalized spacial score (nSPS) is 11.4. The lowest BCUT2D eigenvalue weighted by molar-refractivity contribution is -0.192. The Hall–Kier alpha value is -2.00. The largest absolute Gasteiger partial charge is 0.490 e. The fraction of sp³-hybridized carbons (Fsp3) is 0.714. The van der Waals surface area contributed by atoms with Crippen LogP contribution in [-0.2, 0) is 14.3 Å². The summed E-state index contributed by atoms with van der Waals surface area (Å²) in [6.07, 6.45) is -5.00. The number of esters is 1. The number of nitrogens with two attached hydrogens (primary N) is 1. The third-order valence-corrected chi connectivity index (χ3v) is 1.28. The van der Waals surface area contributed by atoms with E-state index in [1.54, 1.807) is 0 Å². The first-order valence-corrected chi connectivity index (χ1v) is 4.28. The van der Waals surface area contributed by atoms with Gasteiger partial charge in [-0.15, -0.1) is 0 Å². The van der Waals surface area contributed by atoms with Gasteiger partial charge in [-0.25, -0.2) is 4.79 Å². The van der Waals surface area contributed by atoms with Crippen LogP contribution in [0.15, 0.2) is 5.11 Å². The molecule has 0 amide bonds. The highest BCUT2D eigenvalue weighted by Gasteiger charge is 2.38. The van der Waals surface area contributed by atoms with Crippen LogP contribution >= 0.6 is 0 Å². The molecule has 0 bridgehead atoms. The average molecular weight is 272 g/mol. The van der Waals surface area contributed by atoms with Crippen molar-refractivity contribution in [1.29, 1.82) is 0 Å². The predicted molar refractivity (Wildman–Crippen MR) is 52.3 cm³/mol. The van der Waals surface area contributed by atoms with Gasteiger partial charge in [0.1, 0.15) is 0 Å². The molecule has 0 aliphatic heterocycles. The first-order valence-electron chi connectivity index (χ1n) is 4.28. The Bertz CT molecular complexity index is 327. The second kappa shape index (κ2) is 9.07. The molecule has 104 valence electrons. The molecule has 18 heavy (non-hydrogen) atoms. The number of azide groups is 1. The van der Waals surface area contributed by atoms with Crippen LogP contribution in [0.25, 0.3) is 10.4 Å². The second-order valence-corrected chi connectivity index (χ2v) is 2.76. The average Bonchev–Trinajstić information content (AvgIpc) is 2.25. The van der Waals surface area contributed by atoms with E-state index in [1.807, 2.05) is 0 Å².